The second-order valence-corrected chi connectivity index (χ2v) is 6.99. The van der Waals surface area contributed by atoms with E-state index in [0.717, 1.165) is 20.5 Å². The molecular formula is C22H16O3S. The van der Waals surface area contributed by atoms with Crippen molar-refractivity contribution in [2.75, 3.05) is 6.61 Å². The lowest BCUT2D eigenvalue weighted by atomic mass is 9.99. The molecule has 0 N–H and O–H groups in total. The number of ether oxygens (including phenoxy) is 1. The average Bonchev–Trinajstić information content (AvgIpc) is 2.68. The van der Waals surface area contributed by atoms with Crippen molar-refractivity contribution in [2.24, 2.45) is 0 Å². The Bertz CT molecular complexity index is 1180. The summed E-state index contributed by atoms with van der Waals surface area (Å²) in [4.78, 5) is 25.6. The summed E-state index contributed by atoms with van der Waals surface area (Å²) >= 11 is 1.52. The minimum absolute atomic E-state index is 0.128. The molecule has 0 saturated heterocycles. The third-order valence-corrected chi connectivity index (χ3v) is 5.40. The fraction of sp³-hybridized carbons (Fsp3) is 0.0909. The highest BCUT2D eigenvalue weighted by Crippen LogP contribution is 2.32. The Hall–Kier alpha value is -2.98. The van der Waals surface area contributed by atoms with E-state index in [4.69, 9.17) is 4.74 Å². The molecule has 0 aliphatic rings. The molecule has 0 fully saturated rings. The maximum atomic E-state index is 13.1. The predicted octanol–water partition coefficient (Wildman–Crippen LogP) is 5.26. The summed E-state index contributed by atoms with van der Waals surface area (Å²) in [6.07, 6.45) is 0. The highest BCUT2D eigenvalue weighted by Gasteiger charge is 2.18. The Labute approximate surface area is 154 Å². The van der Waals surface area contributed by atoms with Crippen LogP contribution in [0.2, 0.25) is 0 Å². The molecule has 4 rings (SSSR count). The zero-order valence-electron chi connectivity index (χ0n) is 14.2. The molecule has 0 unspecified atom stereocenters. The molecule has 0 aliphatic carbocycles. The maximum Gasteiger partial charge on any atom is 0.338 e. The lowest BCUT2D eigenvalue weighted by Crippen LogP contribution is -2.11. The van der Waals surface area contributed by atoms with Gasteiger partial charge in [0.1, 0.15) is 0 Å². The number of benzene rings is 3. The summed E-state index contributed by atoms with van der Waals surface area (Å²) in [5.74, 6) is -0.463. The number of fused-ring (bicyclic) bond motifs is 2. The van der Waals surface area contributed by atoms with E-state index < -0.39 is 5.97 Å². The number of hydrogen-bond donors (Lipinski definition) is 0. The lowest BCUT2D eigenvalue weighted by molar-refractivity contribution is 0.0528. The van der Waals surface area contributed by atoms with Crippen molar-refractivity contribution >= 4 is 37.5 Å². The quantitative estimate of drug-likeness (QED) is 0.370. The van der Waals surface area contributed by atoms with Crippen molar-refractivity contribution in [1.82, 2.24) is 0 Å². The maximum absolute atomic E-state index is 13.1. The Morgan fingerprint density at radius 3 is 2.42 bits per heavy atom. The Balaban J connectivity index is 2.10. The predicted molar refractivity (Wildman–Crippen MR) is 107 cm³/mol. The van der Waals surface area contributed by atoms with Crippen LogP contribution in [0.3, 0.4) is 0 Å². The highest BCUT2D eigenvalue weighted by atomic mass is 32.1. The van der Waals surface area contributed by atoms with E-state index in [-0.39, 0.29) is 12.0 Å². The fourth-order valence-corrected chi connectivity index (χ4v) is 4.24. The molecule has 4 heteroatoms. The van der Waals surface area contributed by atoms with Gasteiger partial charge in [0.2, 0.25) is 0 Å². The number of hydrogen-bond acceptors (Lipinski definition) is 4. The van der Waals surface area contributed by atoms with Crippen molar-refractivity contribution in [1.29, 1.82) is 0 Å². The summed E-state index contributed by atoms with van der Waals surface area (Å²) in [7, 11) is 0. The molecule has 3 aromatic carbocycles. The number of rotatable bonds is 3. The molecular weight excluding hydrogens is 344 g/mol. The van der Waals surface area contributed by atoms with Crippen LogP contribution in [0.25, 0.3) is 31.3 Å². The van der Waals surface area contributed by atoms with Gasteiger partial charge in [-0.05, 0) is 42.3 Å². The Morgan fingerprint density at radius 2 is 1.65 bits per heavy atom. The van der Waals surface area contributed by atoms with Crippen LogP contribution in [-0.4, -0.2) is 12.6 Å². The van der Waals surface area contributed by atoms with Gasteiger partial charge in [0, 0.05) is 14.8 Å². The van der Waals surface area contributed by atoms with E-state index >= 15 is 0 Å². The molecule has 0 amide bonds. The van der Waals surface area contributed by atoms with Crippen molar-refractivity contribution in [2.45, 2.75) is 6.92 Å². The first-order valence-corrected chi connectivity index (χ1v) is 9.23. The van der Waals surface area contributed by atoms with Crippen molar-refractivity contribution in [3.05, 3.63) is 82.5 Å². The van der Waals surface area contributed by atoms with Crippen LogP contribution in [0.15, 0.2) is 71.5 Å². The van der Waals surface area contributed by atoms with E-state index in [1.165, 1.54) is 11.3 Å². The third kappa shape index (κ3) is 2.78. The minimum Gasteiger partial charge on any atom is -0.462 e. The molecule has 0 aliphatic heterocycles. The summed E-state index contributed by atoms with van der Waals surface area (Å²) in [6.45, 7) is 2.03. The monoisotopic (exact) mass is 360 g/mol. The fourth-order valence-electron chi connectivity index (χ4n) is 3.09. The molecule has 0 radical (unpaired) electrons. The minimum atomic E-state index is -0.463. The zero-order valence-corrected chi connectivity index (χ0v) is 15.0. The topological polar surface area (TPSA) is 43.4 Å². The highest BCUT2D eigenvalue weighted by molar-refractivity contribution is 7.24. The largest absolute Gasteiger partial charge is 0.462 e. The van der Waals surface area contributed by atoms with Crippen LogP contribution >= 0.6 is 11.3 Å². The molecule has 1 heterocycles. The number of carbonyl (C=O) groups is 1. The van der Waals surface area contributed by atoms with Crippen LogP contribution in [-0.2, 0) is 4.74 Å². The molecule has 1 aromatic heterocycles. The second-order valence-electron chi connectivity index (χ2n) is 5.91. The van der Waals surface area contributed by atoms with Crippen LogP contribution in [0.4, 0.5) is 0 Å². The summed E-state index contributed by atoms with van der Waals surface area (Å²) < 4.78 is 6.92. The lowest BCUT2D eigenvalue weighted by Gasteiger charge is -2.10. The van der Waals surface area contributed by atoms with Gasteiger partial charge in [0.25, 0.3) is 0 Å². The van der Waals surface area contributed by atoms with Crippen molar-refractivity contribution in [3.63, 3.8) is 0 Å². The third-order valence-electron chi connectivity index (χ3n) is 4.28. The Kier molecular flexibility index (Phi) is 4.27. The Morgan fingerprint density at radius 1 is 0.923 bits per heavy atom. The SMILES string of the molecule is CCOC(=O)c1cc(-c2ccccc2)cc2sc3ccccc3c(=O)c12. The van der Waals surface area contributed by atoms with Crippen LogP contribution in [0.1, 0.15) is 17.3 Å². The number of carbonyl (C=O) groups excluding carboxylic acids is 1. The molecule has 0 saturated carbocycles. The van der Waals surface area contributed by atoms with E-state index in [1.54, 1.807) is 19.1 Å². The smallest absolute Gasteiger partial charge is 0.338 e. The first-order valence-electron chi connectivity index (χ1n) is 8.41. The average molecular weight is 360 g/mol. The summed E-state index contributed by atoms with van der Waals surface area (Å²) in [5.41, 5.74) is 2.09. The zero-order chi connectivity index (χ0) is 18.1. The van der Waals surface area contributed by atoms with Gasteiger partial charge in [-0.15, -0.1) is 11.3 Å². The molecule has 3 nitrogen and oxygen atoms in total. The van der Waals surface area contributed by atoms with E-state index in [1.807, 2.05) is 54.6 Å². The van der Waals surface area contributed by atoms with Gasteiger partial charge in [0.05, 0.1) is 17.6 Å². The van der Waals surface area contributed by atoms with E-state index in [0.29, 0.717) is 16.3 Å². The number of esters is 1. The van der Waals surface area contributed by atoms with Gasteiger partial charge in [0.15, 0.2) is 5.43 Å². The van der Waals surface area contributed by atoms with Crippen LogP contribution in [0.5, 0.6) is 0 Å². The van der Waals surface area contributed by atoms with Crippen LogP contribution < -0.4 is 5.43 Å². The molecule has 0 bridgehead atoms. The summed E-state index contributed by atoms with van der Waals surface area (Å²) in [5, 5.41) is 1.06. The molecule has 26 heavy (non-hydrogen) atoms. The first kappa shape index (κ1) is 16.5. The van der Waals surface area contributed by atoms with Gasteiger partial charge in [-0.2, -0.15) is 0 Å². The molecule has 4 aromatic rings. The first-order chi connectivity index (χ1) is 12.7. The normalized spacial score (nSPS) is 11.0. The van der Waals surface area contributed by atoms with Crippen molar-refractivity contribution < 1.29 is 9.53 Å². The van der Waals surface area contributed by atoms with Crippen molar-refractivity contribution in [3.8, 4) is 11.1 Å². The van der Waals surface area contributed by atoms with E-state index in [2.05, 4.69) is 0 Å². The van der Waals surface area contributed by atoms with Gasteiger partial charge < -0.3 is 4.74 Å². The summed E-state index contributed by atoms with van der Waals surface area (Å²) in [6, 6.07) is 21.0. The van der Waals surface area contributed by atoms with Gasteiger partial charge in [-0.25, -0.2) is 4.79 Å². The van der Waals surface area contributed by atoms with E-state index in [9.17, 15) is 9.59 Å². The van der Waals surface area contributed by atoms with Gasteiger partial charge in [-0.3, -0.25) is 4.79 Å². The van der Waals surface area contributed by atoms with Gasteiger partial charge >= 0.3 is 5.97 Å². The molecule has 0 spiro atoms. The molecule has 128 valence electrons. The second kappa shape index (κ2) is 6.73. The molecule has 0 atom stereocenters. The van der Waals surface area contributed by atoms with Crippen LogP contribution in [0, 0.1) is 0 Å². The standard InChI is InChI=1S/C22H16O3S/c1-2-25-22(24)17-12-15(14-8-4-3-5-9-14)13-19-20(17)21(23)16-10-6-7-11-18(16)26-19/h3-13H,2H2,1H3. The van der Waals surface area contributed by atoms with Gasteiger partial charge in [-0.1, -0.05) is 42.5 Å².